The molecule has 3 nitrogen and oxygen atoms in total. The van der Waals surface area contributed by atoms with Gasteiger partial charge in [-0.3, -0.25) is 0 Å². The van der Waals surface area contributed by atoms with E-state index in [9.17, 15) is 13.6 Å². The van der Waals surface area contributed by atoms with E-state index in [1.807, 2.05) is 0 Å². The van der Waals surface area contributed by atoms with Crippen molar-refractivity contribution in [2.24, 2.45) is 0 Å². The summed E-state index contributed by atoms with van der Waals surface area (Å²) in [6, 6.07) is 2.25. The van der Waals surface area contributed by atoms with Crippen LogP contribution in [0.25, 0.3) is 0 Å². The van der Waals surface area contributed by atoms with Crippen LogP contribution >= 0.6 is 15.9 Å². The molecule has 0 saturated heterocycles. The van der Waals surface area contributed by atoms with Gasteiger partial charge in [0.2, 0.25) is 0 Å². The van der Waals surface area contributed by atoms with Crippen LogP contribution in [-0.2, 0) is 10.7 Å². The SMILES string of the molecule is O=C(O)C(F)(F)c1cccnc1Br. The number of aromatic nitrogens is 1. The monoisotopic (exact) mass is 251 g/mol. The molecule has 0 atom stereocenters. The third-order valence-corrected chi connectivity index (χ3v) is 2.00. The lowest BCUT2D eigenvalue weighted by atomic mass is 10.1. The van der Waals surface area contributed by atoms with Gasteiger partial charge in [0.1, 0.15) is 4.60 Å². The average Bonchev–Trinajstić information content (AvgIpc) is 2.04. The Morgan fingerprint density at radius 3 is 2.69 bits per heavy atom. The van der Waals surface area contributed by atoms with Crippen molar-refractivity contribution in [3.05, 3.63) is 28.5 Å². The molecular formula is C7H4BrF2NO2. The van der Waals surface area contributed by atoms with Gasteiger partial charge in [0.25, 0.3) is 0 Å². The van der Waals surface area contributed by atoms with Gasteiger partial charge in [0.15, 0.2) is 0 Å². The average molecular weight is 252 g/mol. The van der Waals surface area contributed by atoms with Gasteiger partial charge in [-0.15, -0.1) is 0 Å². The van der Waals surface area contributed by atoms with E-state index in [-0.39, 0.29) is 4.60 Å². The van der Waals surface area contributed by atoms with E-state index >= 15 is 0 Å². The molecule has 0 fully saturated rings. The molecule has 0 radical (unpaired) electrons. The fraction of sp³-hybridized carbons (Fsp3) is 0.143. The molecule has 1 aromatic rings. The summed E-state index contributed by atoms with van der Waals surface area (Å²) in [5.41, 5.74) is -0.650. The zero-order valence-electron chi connectivity index (χ0n) is 6.17. The van der Waals surface area contributed by atoms with E-state index in [1.165, 1.54) is 12.3 Å². The van der Waals surface area contributed by atoms with Gasteiger partial charge in [-0.1, -0.05) is 0 Å². The standard InChI is InChI=1S/C7H4BrF2NO2/c8-5-4(2-1-3-11-5)7(9,10)6(12)13/h1-3H,(H,12,13). The van der Waals surface area contributed by atoms with Gasteiger partial charge < -0.3 is 5.11 Å². The number of carboxylic acid groups (broad SMARTS) is 1. The Bertz CT molecular complexity index is 343. The molecule has 0 aliphatic heterocycles. The number of alkyl halides is 2. The summed E-state index contributed by atoms with van der Waals surface area (Å²) in [7, 11) is 0. The highest BCUT2D eigenvalue weighted by Crippen LogP contribution is 2.32. The van der Waals surface area contributed by atoms with Crippen LogP contribution in [0.15, 0.2) is 22.9 Å². The molecule has 0 aliphatic rings. The number of carbonyl (C=O) groups is 1. The maximum atomic E-state index is 12.9. The van der Waals surface area contributed by atoms with E-state index in [2.05, 4.69) is 20.9 Å². The molecule has 1 rings (SSSR count). The lowest BCUT2D eigenvalue weighted by molar-refractivity contribution is -0.166. The molecule has 1 heterocycles. The number of hydrogen-bond acceptors (Lipinski definition) is 2. The van der Waals surface area contributed by atoms with Crippen molar-refractivity contribution in [1.29, 1.82) is 0 Å². The number of rotatable bonds is 2. The molecule has 13 heavy (non-hydrogen) atoms. The number of halogens is 3. The number of nitrogens with zero attached hydrogens (tertiary/aromatic N) is 1. The quantitative estimate of drug-likeness (QED) is 0.819. The van der Waals surface area contributed by atoms with Crippen LogP contribution in [0.1, 0.15) is 5.56 Å². The van der Waals surface area contributed by atoms with Gasteiger partial charge in [0, 0.05) is 6.20 Å². The Kier molecular flexibility index (Phi) is 2.60. The van der Waals surface area contributed by atoms with Crippen LogP contribution in [0.4, 0.5) is 8.78 Å². The number of hydrogen-bond donors (Lipinski definition) is 1. The molecule has 0 aliphatic carbocycles. The highest BCUT2D eigenvalue weighted by molar-refractivity contribution is 9.10. The Hall–Kier alpha value is -1.04. The van der Waals surface area contributed by atoms with Gasteiger partial charge in [-0.2, -0.15) is 8.78 Å². The van der Waals surface area contributed by atoms with Crippen LogP contribution in [0.2, 0.25) is 0 Å². The molecule has 0 saturated carbocycles. The third-order valence-electron chi connectivity index (χ3n) is 1.37. The second-order valence-electron chi connectivity index (χ2n) is 2.22. The summed E-state index contributed by atoms with van der Waals surface area (Å²) in [5.74, 6) is -6.10. The van der Waals surface area contributed by atoms with Crippen LogP contribution in [0.3, 0.4) is 0 Å². The van der Waals surface area contributed by atoms with Crippen LogP contribution in [0, 0.1) is 0 Å². The summed E-state index contributed by atoms with van der Waals surface area (Å²) in [6.07, 6.45) is 1.28. The van der Waals surface area contributed by atoms with Crippen molar-refractivity contribution in [3.63, 3.8) is 0 Å². The Balaban J connectivity index is 3.22. The molecule has 1 N–H and O–H groups in total. The van der Waals surface area contributed by atoms with Crippen molar-refractivity contribution in [3.8, 4) is 0 Å². The van der Waals surface area contributed by atoms with Crippen molar-refractivity contribution in [2.45, 2.75) is 5.92 Å². The lowest BCUT2D eigenvalue weighted by Gasteiger charge is -2.11. The van der Waals surface area contributed by atoms with Gasteiger partial charge >= 0.3 is 11.9 Å². The second-order valence-corrected chi connectivity index (χ2v) is 2.97. The largest absolute Gasteiger partial charge is 0.477 e. The molecule has 1 aromatic heterocycles. The Labute approximate surface area is 80.5 Å². The summed E-state index contributed by atoms with van der Waals surface area (Å²) >= 11 is 2.75. The minimum Gasteiger partial charge on any atom is -0.477 e. The summed E-state index contributed by atoms with van der Waals surface area (Å²) in [6.45, 7) is 0. The highest BCUT2D eigenvalue weighted by Gasteiger charge is 2.42. The minimum absolute atomic E-state index is 0.164. The molecule has 0 bridgehead atoms. The van der Waals surface area contributed by atoms with E-state index in [4.69, 9.17) is 5.11 Å². The lowest BCUT2D eigenvalue weighted by Crippen LogP contribution is -2.25. The van der Waals surface area contributed by atoms with E-state index in [0.717, 1.165) is 6.07 Å². The number of carboxylic acids is 1. The Morgan fingerprint density at radius 2 is 2.23 bits per heavy atom. The van der Waals surface area contributed by atoms with Crippen molar-refractivity contribution < 1.29 is 18.7 Å². The van der Waals surface area contributed by atoms with Crippen LogP contribution < -0.4 is 0 Å². The molecule has 0 aromatic carbocycles. The van der Waals surface area contributed by atoms with Crippen molar-refractivity contribution >= 4 is 21.9 Å². The summed E-state index contributed by atoms with van der Waals surface area (Å²) in [4.78, 5) is 13.7. The molecule has 0 unspecified atom stereocenters. The third kappa shape index (κ3) is 1.82. The normalized spacial score (nSPS) is 11.3. The number of pyridine rings is 1. The fourth-order valence-corrected chi connectivity index (χ4v) is 1.23. The zero-order chi connectivity index (χ0) is 10.1. The summed E-state index contributed by atoms with van der Waals surface area (Å²) < 4.78 is 25.6. The fourth-order valence-electron chi connectivity index (χ4n) is 0.735. The van der Waals surface area contributed by atoms with E-state index < -0.39 is 17.5 Å². The minimum atomic E-state index is -3.91. The second kappa shape index (κ2) is 3.37. The van der Waals surface area contributed by atoms with Gasteiger partial charge in [-0.25, -0.2) is 9.78 Å². The first-order chi connectivity index (χ1) is 5.96. The maximum Gasteiger partial charge on any atom is 0.379 e. The van der Waals surface area contributed by atoms with E-state index in [1.54, 1.807) is 0 Å². The predicted molar refractivity (Wildman–Crippen MR) is 43.5 cm³/mol. The first-order valence-electron chi connectivity index (χ1n) is 3.18. The molecule has 70 valence electrons. The van der Waals surface area contributed by atoms with Crippen molar-refractivity contribution in [2.75, 3.05) is 0 Å². The molecule has 0 amide bonds. The first-order valence-corrected chi connectivity index (χ1v) is 3.97. The van der Waals surface area contributed by atoms with Crippen LogP contribution in [-0.4, -0.2) is 16.1 Å². The smallest absolute Gasteiger partial charge is 0.379 e. The molecule has 0 spiro atoms. The molecular weight excluding hydrogens is 248 g/mol. The summed E-state index contributed by atoms with van der Waals surface area (Å²) in [5, 5.41) is 8.22. The van der Waals surface area contributed by atoms with Gasteiger partial charge in [0.05, 0.1) is 5.56 Å². The predicted octanol–water partition coefficient (Wildman–Crippen LogP) is 2.02. The number of aliphatic carboxylic acids is 1. The van der Waals surface area contributed by atoms with Crippen LogP contribution in [0.5, 0.6) is 0 Å². The van der Waals surface area contributed by atoms with E-state index in [0.29, 0.717) is 0 Å². The highest BCUT2D eigenvalue weighted by atomic mass is 79.9. The van der Waals surface area contributed by atoms with Crippen molar-refractivity contribution in [1.82, 2.24) is 4.98 Å². The Morgan fingerprint density at radius 1 is 1.62 bits per heavy atom. The first kappa shape index (κ1) is 10.0. The maximum absolute atomic E-state index is 12.9. The topological polar surface area (TPSA) is 50.2 Å². The van der Waals surface area contributed by atoms with Gasteiger partial charge in [-0.05, 0) is 28.1 Å². The molecule has 6 heteroatoms. The zero-order valence-corrected chi connectivity index (χ0v) is 7.75.